The molecule has 5 nitrogen and oxygen atoms in total. The van der Waals surface area contributed by atoms with Gasteiger partial charge in [0.1, 0.15) is 5.75 Å². The van der Waals surface area contributed by atoms with Crippen LogP contribution in [0.5, 0.6) is 5.75 Å². The number of hydrogen-bond acceptors (Lipinski definition) is 4. The zero-order valence-corrected chi connectivity index (χ0v) is 13.5. The summed E-state index contributed by atoms with van der Waals surface area (Å²) >= 11 is 0. The second-order valence-electron chi connectivity index (χ2n) is 5.24. The summed E-state index contributed by atoms with van der Waals surface area (Å²) in [5, 5.41) is 6.05. The van der Waals surface area contributed by atoms with Gasteiger partial charge in [-0.3, -0.25) is 4.79 Å². The van der Waals surface area contributed by atoms with Crippen molar-refractivity contribution in [1.29, 1.82) is 0 Å². The van der Waals surface area contributed by atoms with Gasteiger partial charge >= 0.3 is 0 Å². The van der Waals surface area contributed by atoms with Gasteiger partial charge in [0.25, 0.3) is 0 Å². The van der Waals surface area contributed by atoms with E-state index < -0.39 is 0 Å². The predicted molar refractivity (Wildman–Crippen MR) is 85.6 cm³/mol. The van der Waals surface area contributed by atoms with Crippen molar-refractivity contribution in [3.63, 3.8) is 0 Å². The minimum atomic E-state index is 0.0914. The number of nitrogens with one attached hydrogen (secondary N) is 2. The van der Waals surface area contributed by atoms with Crippen molar-refractivity contribution in [2.24, 2.45) is 0 Å². The van der Waals surface area contributed by atoms with E-state index in [1.54, 1.807) is 14.2 Å². The first-order valence-electron chi connectivity index (χ1n) is 7.30. The van der Waals surface area contributed by atoms with Gasteiger partial charge in [0, 0.05) is 26.1 Å². The van der Waals surface area contributed by atoms with Crippen LogP contribution in [0, 0.1) is 0 Å². The first-order valence-corrected chi connectivity index (χ1v) is 7.30. The van der Waals surface area contributed by atoms with E-state index >= 15 is 0 Å². The van der Waals surface area contributed by atoms with E-state index in [1.165, 1.54) is 5.56 Å². The fourth-order valence-corrected chi connectivity index (χ4v) is 2.19. The van der Waals surface area contributed by atoms with Gasteiger partial charge in [-0.1, -0.05) is 12.1 Å². The van der Waals surface area contributed by atoms with Gasteiger partial charge in [-0.2, -0.15) is 0 Å². The summed E-state index contributed by atoms with van der Waals surface area (Å²) < 4.78 is 5.28. The Morgan fingerprint density at radius 2 is 2.14 bits per heavy atom. The van der Waals surface area contributed by atoms with E-state index in [1.807, 2.05) is 12.1 Å². The van der Waals surface area contributed by atoms with Crippen LogP contribution in [0.25, 0.3) is 0 Å². The molecule has 21 heavy (non-hydrogen) atoms. The zero-order chi connectivity index (χ0) is 15.7. The van der Waals surface area contributed by atoms with Gasteiger partial charge < -0.3 is 20.3 Å². The maximum Gasteiger partial charge on any atom is 0.219 e. The Labute approximate surface area is 127 Å². The number of amides is 1. The molecule has 0 radical (unpaired) electrons. The molecule has 0 saturated heterocycles. The van der Waals surface area contributed by atoms with Crippen molar-refractivity contribution in [2.45, 2.75) is 18.9 Å². The molecule has 5 heteroatoms. The highest BCUT2D eigenvalue weighted by atomic mass is 16.5. The topological polar surface area (TPSA) is 53.6 Å². The molecule has 1 aromatic carbocycles. The lowest BCUT2D eigenvalue weighted by molar-refractivity contribution is -0.120. The van der Waals surface area contributed by atoms with E-state index in [4.69, 9.17) is 4.74 Å². The van der Waals surface area contributed by atoms with Crippen molar-refractivity contribution < 1.29 is 9.53 Å². The lowest BCUT2D eigenvalue weighted by Crippen LogP contribution is -2.32. The Morgan fingerprint density at radius 1 is 1.38 bits per heavy atom. The van der Waals surface area contributed by atoms with Crippen LogP contribution in [0.4, 0.5) is 0 Å². The maximum atomic E-state index is 11.1. The van der Waals surface area contributed by atoms with Crippen LogP contribution >= 0.6 is 0 Å². The van der Waals surface area contributed by atoms with Gasteiger partial charge in [0.05, 0.1) is 7.11 Å². The number of likely N-dealkylation sites (N-methyl/N-ethyl adjacent to an activating group) is 1. The van der Waals surface area contributed by atoms with E-state index in [2.05, 4.69) is 41.8 Å². The number of carbonyl (C=O) groups excluding carboxylic acids is 1. The molecule has 1 aromatic rings. The summed E-state index contributed by atoms with van der Waals surface area (Å²) in [5.74, 6) is 0.965. The van der Waals surface area contributed by atoms with Crippen LogP contribution in [-0.2, 0) is 4.79 Å². The number of ether oxygens (including phenoxy) is 1. The molecule has 0 aliphatic carbocycles. The van der Waals surface area contributed by atoms with Crippen LogP contribution in [-0.4, -0.2) is 52.1 Å². The molecule has 1 atom stereocenters. The van der Waals surface area contributed by atoms with Crippen LogP contribution < -0.4 is 15.4 Å². The largest absolute Gasteiger partial charge is 0.497 e. The van der Waals surface area contributed by atoms with Crippen molar-refractivity contribution in [3.8, 4) is 5.75 Å². The molecule has 0 fully saturated rings. The van der Waals surface area contributed by atoms with E-state index in [9.17, 15) is 4.79 Å². The molecule has 0 aliphatic rings. The Kier molecular flexibility index (Phi) is 7.79. The Hall–Kier alpha value is -1.59. The second kappa shape index (κ2) is 9.37. The van der Waals surface area contributed by atoms with Gasteiger partial charge in [0.15, 0.2) is 0 Å². The zero-order valence-electron chi connectivity index (χ0n) is 13.5. The molecule has 1 rings (SSSR count). The van der Waals surface area contributed by atoms with Gasteiger partial charge in [-0.05, 0) is 44.8 Å². The van der Waals surface area contributed by atoms with Crippen molar-refractivity contribution in [1.82, 2.24) is 15.5 Å². The summed E-state index contributed by atoms with van der Waals surface area (Å²) in [6, 6.07) is 8.42. The number of benzene rings is 1. The summed E-state index contributed by atoms with van der Waals surface area (Å²) in [4.78, 5) is 13.3. The van der Waals surface area contributed by atoms with E-state index in [-0.39, 0.29) is 11.9 Å². The summed E-state index contributed by atoms with van der Waals surface area (Å²) in [7, 11) is 7.48. The first kappa shape index (κ1) is 17.5. The average Bonchev–Trinajstić information content (AvgIpc) is 2.50. The van der Waals surface area contributed by atoms with Gasteiger partial charge in [-0.25, -0.2) is 0 Å². The van der Waals surface area contributed by atoms with Crippen LogP contribution in [0.15, 0.2) is 24.3 Å². The van der Waals surface area contributed by atoms with Crippen LogP contribution in [0.3, 0.4) is 0 Å². The molecule has 0 saturated carbocycles. The Bertz CT molecular complexity index is 435. The lowest BCUT2D eigenvalue weighted by Gasteiger charge is -2.25. The highest BCUT2D eigenvalue weighted by Gasteiger charge is 2.14. The van der Waals surface area contributed by atoms with Crippen molar-refractivity contribution >= 4 is 5.91 Å². The molecule has 0 spiro atoms. The van der Waals surface area contributed by atoms with Crippen LogP contribution in [0.2, 0.25) is 0 Å². The third-order valence-corrected chi connectivity index (χ3v) is 3.48. The fourth-order valence-electron chi connectivity index (χ4n) is 2.19. The minimum Gasteiger partial charge on any atom is -0.497 e. The number of carbonyl (C=O) groups is 1. The molecular weight excluding hydrogens is 266 g/mol. The standard InChI is InChI=1S/C16H27N3O2/c1-17-16(20)9-6-10-18-12-15(19(2)3)13-7-5-8-14(11-13)21-4/h5,7-8,11,15,18H,6,9-10,12H2,1-4H3,(H,17,20). The minimum absolute atomic E-state index is 0.0914. The normalized spacial score (nSPS) is 12.2. The maximum absolute atomic E-state index is 11.1. The predicted octanol–water partition coefficient (Wildman–Crippen LogP) is 1.41. The monoisotopic (exact) mass is 293 g/mol. The number of rotatable bonds is 9. The lowest BCUT2D eigenvalue weighted by atomic mass is 10.1. The molecule has 1 amide bonds. The number of nitrogens with zero attached hydrogens (tertiary/aromatic N) is 1. The summed E-state index contributed by atoms with van der Waals surface area (Å²) in [6.07, 6.45) is 1.41. The number of hydrogen-bond donors (Lipinski definition) is 2. The molecule has 1 unspecified atom stereocenters. The molecular formula is C16H27N3O2. The third kappa shape index (κ3) is 6.14. The quantitative estimate of drug-likeness (QED) is 0.676. The van der Waals surface area contributed by atoms with E-state index in [0.717, 1.165) is 25.3 Å². The fraction of sp³-hybridized carbons (Fsp3) is 0.562. The molecule has 118 valence electrons. The summed E-state index contributed by atoms with van der Waals surface area (Å²) in [5.41, 5.74) is 1.22. The van der Waals surface area contributed by atoms with E-state index in [0.29, 0.717) is 6.42 Å². The third-order valence-electron chi connectivity index (χ3n) is 3.48. The Balaban J connectivity index is 2.48. The SMILES string of the molecule is CNC(=O)CCCNCC(c1cccc(OC)c1)N(C)C. The highest BCUT2D eigenvalue weighted by Crippen LogP contribution is 2.21. The Morgan fingerprint density at radius 3 is 2.76 bits per heavy atom. The molecule has 0 heterocycles. The van der Waals surface area contributed by atoms with Gasteiger partial charge in [-0.15, -0.1) is 0 Å². The van der Waals surface area contributed by atoms with Gasteiger partial charge in [0.2, 0.25) is 5.91 Å². The highest BCUT2D eigenvalue weighted by molar-refractivity contribution is 5.75. The summed E-state index contributed by atoms with van der Waals surface area (Å²) in [6.45, 7) is 1.68. The second-order valence-corrected chi connectivity index (χ2v) is 5.24. The van der Waals surface area contributed by atoms with Crippen LogP contribution in [0.1, 0.15) is 24.4 Å². The molecule has 0 aromatic heterocycles. The smallest absolute Gasteiger partial charge is 0.219 e. The van der Waals surface area contributed by atoms with Crippen molar-refractivity contribution in [3.05, 3.63) is 29.8 Å². The van der Waals surface area contributed by atoms with Crippen molar-refractivity contribution in [2.75, 3.05) is 41.3 Å². The first-order chi connectivity index (χ1) is 10.1. The molecule has 0 aliphatic heterocycles. The molecule has 2 N–H and O–H groups in total. The number of methoxy groups -OCH3 is 1. The average molecular weight is 293 g/mol. The molecule has 0 bridgehead atoms.